The number of carbonyl (C=O) groups is 1. The van der Waals surface area contributed by atoms with Crippen molar-refractivity contribution in [3.8, 4) is 0 Å². The van der Waals surface area contributed by atoms with E-state index < -0.39 is 22.7 Å². The fraction of sp³-hybridized carbons (Fsp3) is 0.304. The molecule has 9 heteroatoms. The number of halogens is 4. The lowest BCUT2D eigenvalue weighted by Gasteiger charge is -2.15. The van der Waals surface area contributed by atoms with Crippen LogP contribution >= 0.6 is 11.6 Å². The normalized spacial score (nSPS) is 16.4. The molecule has 0 saturated carbocycles. The maximum absolute atomic E-state index is 13.1. The van der Waals surface area contributed by atoms with E-state index in [-0.39, 0.29) is 23.6 Å². The number of pyridine rings is 1. The molecule has 2 N–H and O–H groups in total. The van der Waals surface area contributed by atoms with Gasteiger partial charge in [0.1, 0.15) is 0 Å². The molecule has 2 aromatic carbocycles. The van der Waals surface area contributed by atoms with Crippen LogP contribution in [0.4, 0.5) is 18.9 Å². The fourth-order valence-electron chi connectivity index (χ4n) is 4.00. The molecule has 1 aliphatic heterocycles. The first-order valence-electron chi connectivity index (χ1n) is 10.2. The topological polar surface area (TPSA) is 63.1 Å². The van der Waals surface area contributed by atoms with Crippen molar-refractivity contribution in [2.75, 3.05) is 11.9 Å². The number of aromatic nitrogens is 1. The Morgan fingerprint density at radius 3 is 2.72 bits per heavy atom. The quantitative estimate of drug-likeness (QED) is 0.581. The van der Waals surface area contributed by atoms with E-state index in [1.807, 2.05) is 0 Å². The van der Waals surface area contributed by atoms with Crippen LogP contribution < -0.4 is 16.2 Å². The van der Waals surface area contributed by atoms with Crippen LogP contribution in [0.25, 0.3) is 10.8 Å². The second kappa shape index (κ2) is 8.96. The number of rotatable bonds is 5. The molecule has 168 valence electrons. The number of carbonyl (C=O) groups excluding carboxylic acids is 1. The number of hydrogen-bond acceptors (Lipinski definition) is 3. The van der Waals surface area contributed by atoms with Crippen LogP contribution in [0.5, 0.6) is 0 Å². The summed E-state index contributed by atoms with van der Waals surface area (Å²) in [5, 5.41) is 6.70. The van der Waals surface area contributed by atoms with E-state index in [2.05, 4.69) is 10.6 Å². The summed E-state index contributed by atoms with van der Waals surface area (Å²) in [7, 11) is 0. The SMILES string of the molecule is O=C(Cc1ccc(Cl)c(C(F)(F)F)c1)Nc1cccc2c(=O)n(CC3CCCN3)ccc12. The lowest BCUT2D eigenvalue weighted by molar-refractivity contribution is -0.137. The van der Waals surface area contributed by atoms with Crippen LogP contribution in [-0.4, -0.2) is 23.1 Å². The Kier molecular flexibility index (Phi) is 6.26. The number of alkyl halides is 3. The number of fused-ring (bicyclic) bond motifs is 1. The highest BCUT2D eigenvalue weighted by atomic mass is 35.5. The third-order valence-electron chi connectivity index (χ3n) is 5.57. The molecule has 0 radical (unpaired) electrons. The molecule has 0 bridgehead atoms. The van der Waals surface area contributed by atoms with Crippen molar-refractivity contribution < 1.29 is 18.0 Å². The average Bonchev–Trinajstić information content (AvgIpc) is 3.24. The third kappa shape index (κ3) is 4.81. The van der Waals surface area contributed by atoms with Crippen molar-refractivity contribution in [1.82, 2.24) is 9.88 Å². The van der Waals surface area contributed by atoms with Gasteiger partial charge in [-0.15, -0.1) is 0 Å². The van der Waals surface area contributed by atoms with Crippen LogP contribution in [-0.2, 0) is 23.9 Å². The molecule has 1 aliphatic rings. The Hall–Kier alpha value is -2.84. The molecule has 1 atom stereocenters. The Morgan fingerprint density at radius 2 is 2.00 bits per heavy atom. The van der Waals surface area contributed by atoms with Gasteiger partial charge in [-0.2, -0.15) is 13.2 Å². The first-order valence-corrected chi connectivity index (χ1v) is 10.6. The summed E-state index contributed by atoms with van der Waals surface area (Å²) in [6.45, 7) is 1.52. The highest BCUT2D eigenvalue weighted by Gasteiger charge is 2.33. The summed E-state index contributed by atoms with van der Waals surface area (Å²) in [5.74, 6) is -0.493. The predicted octanol–water partition coefficient (Wildman–Crippen LogP) is 4.61. The monoisotopic (exact) mass is 463 g/mol. The molecule has 1 unspecified atom stereocenters. The molecule has 2 heterocycles. The van der Waals surface area contributed by atoms with E-state index in [4.69, 9.17) is 11.6 Å². The van der Waals surface area contributed by atoms with E-state index >= 15 is 0 Å². The van der Waals surface area contributed by atoms with Gasteiger partial charge in [0, 0.05) is 35.2 Å². The first kappa shape index (κ1) is 22.4. The summed E-state index contributed by atoms with van der Waals surface area (Å²) >= 11 is 5.64. The number of nitrogens with one attached hydrogen (secondary N) is 2. The Labute approximate surface area is 187 Å². The minimum atomic E-state index is -4.60. The summed E-state index contributed by atoms with van der Waals surface area (Å²) in [6, 6.07) is 10.4. The molecule has 1 saturated heterocycles. The zero-order valence-electron chi connectivity index (χ0n) is 17.0. The third-order valence-corrected chi connectivity index (χ3v) is 5.90. The summed E-state index contributed by atoms with van der Waals surface area (Å²) in [4.78, 5) is 25.4. The van der Waals surface area contributed by atoms with Gasteiger partial charge >= 0.3 is 6.18 Å². The number of amides is 1. The van der Waals surface area contributed by atoms with Gasteiger partial charge in [-0.1, -0.05) is 23.7 Å². The predicted molar refractivity (Wildman–Crippen MR) is 118 cm³/mol. The molecular formula is C23H21ClF3N3O2. The van der Waals surface area contributed by atoms with Crippen LogP contribution in [0.2, 0.25) is 5.02 Å². The maximum Gasteiger partial charge on any atom is 0.417 e. The van der Waals surface area contributed by atoms with Gasteiger partial charge in [0.2, 0.25) is 5.91 Å². The minimum absolute atomic E-state index is 0.153. The first-order chi connectivity index (χ1) is 15.2. The highest BCUT2D eigenvalue weighted by molar-refractivity contribution is 6.31. The van der Waals surface area contributed by atoms with Crippen molar-refractivity contribution in [1.29, 1.82) is 0 Å². The molecule has 3 aromatic rings. The van der Waals surface area contributed by atoms with Gasteiger partial charge < -0.3 is 15.2 Å². The van der Waals surface area contributed by atoms with E-state index in [9.17, 15) is 22.8 Å². The summed E-state index contributed by atoms with van der Waals surface area (Å²) in [6.07, 6.45) is -1.06. The number of hydrogen-bond donors (Lipinski definition) is 2. The van der Waals surface area contributed by atoms with Gasteiger partial charge in [0.25, 0.3) is 5.56 Å². The van der Waals surface area contributed by atoms with Crippen molar-refractivity contribution in [2.45, 2.75) is 38.0 Å². The van der Waals surface area contributed by atoms with Crippen LogP contribution in [0, 0.1) is 0 Å². The number of anilines is 1. The molecule has 1 fully saturated rings. The lowest BCUT2D eigenvalue weighted by Crippen LogP contribution is -2.32. The number of benzene rings is 2. The van der Waals surface area contributed by atoms with Crippen LogP contribution in [0.3, 0.4) is 0 Å². The minimum Gasteiger partial charge on any atom is -0.325 e. The average molecular weight is 464 g/mol. The largest absolute Gasteiger partial charge is 0.417 e. The van der Waals surface area contributed by atoms with Crippen LogP contribution in [0.1, 0.15) is 24.0 Å². The molecular weight excluding hydrogens is 443 g/mol. The molecule has 32 heavy (non-hydrogen) atoms. The van der Waals surface area contributed by atoms with Gasteiger partial charge in [0.15, 0.2) is 0 Å². The second-order valence-corrected chi connectivity index (χ2v) is 8.28. The van der Waals surface area contributed by atoms with Gasteiger partial charge in [0.05, 0.1) is 17.0 Å². The van der Waals surface area contributed by atoms with Crippen LogP contribution in [0.15, 0.2) is 53.5 Å². The van der Waals surface area contributed by atoms with Gasteiger partial charge in [-0.3, -0.25) is 9.59 Å². The molecule has 1 aromatic heterocycles. The van der Waals surface area contributed by atoms with Gasteiger partial charge in [-0.25, -0.2) is 0 Å². The number of nitrogens with zero attached hydrogens (tertiary/aromatic N) is 1. The molecule has 1 amide bonds. The Bertz CT molecular complexity index is 1220. The fourth-order valence-corrected chi connectivity index (χ4v) is 4.23. The van der Waals surface area contributed by atoms with E-state index in [1.165, 1.54) is 6.07 Å². The zero-order chi connectivity index (χ0) is 22.9. The molecule has 5 nitrogen and oxygen atoms in total. The standard InChI is InChI=1S/C23H21ClF3N3O2/c24-19-7-6-14(11-18(19)23(25,26)27)12-21(31)29-20-5-1-4-17-16(20)8-10-30(22(17)32)13-15-3-2-9-28-15/h1,4-8,10-11,15,28H,2-3,9,12-13H2,(H,29,31). The summed E-state index contributed by atoms with van der Waals surface area (Å²) in [5.41, 5.74) is -0.515. The van der Waals surface area contributed by atoms with Crippen molar-refractivity contribution in [3.05, 3.63) is 75.2 Å². The second-order valence-electron chi connectivity index (χ2n) is 7.87. The summed E-state index contributed by atoms with van der Waals surface area (Å²) < 4.78 is 40.9. The molecule has 0 spiro atoms. The van der Waals surface area contributed by atoms with E-state index in [0.29, 0.717) is 23.0 Å². The van der Waals surface area contributed by atoms with E-state index in [1.54, 1.807) is 35.0 Å². The van der Waals surface area contributed by atoms with Crippen molar-refractivity contribution >= 4 is 34.0 Å². The lowest BCUT2D eigenvalue weighted by atomic mass is 10.1. The highest BCUT2D eigenvalue weighted by Crippen LogP contribution is 2.35. The maximum atomic E-state index is 13.1. The molecule has 0 aliphatic carbocycles. The van der Waals surface area contributed by atoms with Gasteiger partial charge in [-0.05, 0) is 55.3 Å². The molecule has 4 rings (SSSR count). The van der Waals surface area contributed by atoms with Crippen molar-refractivity contribution in [3.63, 3.8) is 0 Å². The van der Waals surface area contributed by atoms with Crippen molar-refractivity contribution in [2.24, 2.45) is 0 Å². The zero-order valence-corrected chi connectivity index (χ0v) is 17.8. The Morgan fingerprint density at radius 1 is 1.19 bits per heavy atom. The van der Waals surface area contributed by atoms with E-state index in [0.717, 1.165) is 31.5 Å². The smallest absolute Gasteiger partial charge is 0.325 e. The Balaban J connectivity index is 1.55.